The molecule has 1 saturated carbocycles. The van der Waals surface area contributed by atoms with Crippen molar-refractivity contribution in [3.05, 3.63) is 29.3 Å². The van der Waals surface area contributed by atoms with Crippen molar-refractivity contribution in [2.75, 3.05) is 11.9 Å². The fraction of sp³-hybridized carbons (Fsp3) is 0.562. The highest BCUT2D eigenvalue weighted by Crippen LogP contribution is 2.37. The fourth-order valence-electron chi connectivity index (χ4n) is 3.33. The molecular formula is C16H20ClF3N2O. The third-order valence-corrected chi connectivity index (χ3v) is 4.55. The Balaban J connectivity index is 0.00000192. The van der Waals surface area contributed by atoms with Crippen LogP contribution in [0.25, 0.3) is 0 Å². The number of benzene rings is 1. The van der Waals surface area contributed by atoms with E-state index in [0.717, 1.165) is 24.2 Å². The molecule has 3 rings (SSSR count). The lowest BCUT2D eigenvalue weighted by molar-refractivity contribution is -0.183. The summed E-state index contributed by atoms with van der Waals surface area (Å²) in [4.78, 5) is 12.3. The van der Waals surface area contributed by atoms with Gasteiger partial charge in [-0.1, -0.05) is 6.42 Å². The summed E-state index contributed by atoms with van der Waals surface area (Å²) in [5.41, 5.74) is 2.65. The summed E-state index contributed by atoms with van der Waals surface area (Å²) in [5, 5.41) is 5.98. The minimum Gasteiger partial charge on any atom is -0.384 e. The molecular weight excluding hydrogens is 329 g/mol. The van der Waals surface area contributed by atoms with Crippen molar-refractivity contribution in [3.63, 3.8) is 0 Å². The van der Waals surface area contributed by atoms with Crippen LogP contribution in [0.1, 0.15) is 41.6 Å². The molecule has 0 bridgehead atoms. The number of fused-ring (bicyclic) bond motifs is 1. The summed E-state index contributed by atoms with van der Waals surface area (Å²) in [6, 6.07) is 5.02. The third-order valence-electron chi connectivity index (χ3n) is 4.55. The zero-order valence-corrected chi connectivity index (χ0v) is 13.4. The third kappa shape index (κ3) is 4.10. The van der Waals surface area contributed by atoms with Gasteiger partial charge in [-0.05, 0) is 49.4 Å². The van der Waals surface area contributed by atoms with Gasteiger partial charge in [0.15, 0.2) is 0 Å². The Kier molecular flexibility index (Phi) is 5.45. The number of rotatable bonds is 2. The van der Waals surface area contributed by atoms with Gasteiger partial charge >= 0.3 is 6.18 Å². The maximum absolute atomic E-state index is 12.8. The van der Waals surface area contributed by atoms with Crippen LogP contribution in [0.3, 0.4) is 0 Å². The van der Waals surface area contributed by atoms with Crippen molar-refractivity contribution >= 4 is 24.0 Å². The number of carbonyl (C=O) groups excluding carboxylic acids is 1. The molecule has 1 aromatic carbocycles. The van der Waals surface area contributed by atoms with E-state index < -0.39 is 12.1 Å². The lowest BCUT2D eigenvalue weighted by Gasteiger charge is -2.31. The first kappa shape index (κ1) is 17.9. The first-order chi connectivity index (χ1) is 10.4. The SMILES string of the molecule is Cl.O=C(NC1CCCC(C(F)(F)F)C1)c1ccc2c(c1)CCN2. The second-order valence-corrected chi connectivity index (χ2v) is 6.12. The maximum atomic E-state index is 12.8. The molecule has 3 nitrogen and oxygen atoms in total. The van der Waals surface area contributed by atoms with E-state index in [9.17, 15) is 18.0 Å². The second kappa shape index (κ2) is 6.99. The zero-order valence-electron chi connectivity index (χ0n) is 12.6. The average molecular weight is 349 g/mol. The Labute approximate surface area is 139 Å². The van der Waals surface area contributed by atoms with Gasteiger partial charge in [-0.25, -0.2) is 0 Å². The average Bonchev–Trinajstić information content (AvgIpc) is 2.94. The van der Waals surface area contributed by atoms with E-state index in [1.165, 1.54) is 0 Å². The van der Waals surface area contributed by atoms with Crippen LogP contribution in [0.2, 0.25) is 0 Å². The van der Waals surface area contributed by atoms with Gasteiger partial charge in [0.25, 0.3) is 5.91 Å². The highest BCUT2D eigenvalue weighted by Gasteiger charge is 2.42. The van der Waals surface area contributed by atoms with Crippen molar-refractivity contribution in [1.29, 1.82) is 0 Å². The molecule has 1 aliphatic heterocycles. The number of hydrogen-bond acceptors (Lipinski definition) is 2. The van der Waals surface area contributed by atoms with Crippen LogP contribution in [0.15, 0.2) is 18.2 Å². The summed E-state index contributed by atoms with van der Waals surface area (Å²) in [6.07, 6.45) is -2.02. The van der Waals surface area contributed by atoms with Crippen LogP contribution in [-0.4, -0.2) is 24.7 Å². The van der Waals surface area contributed by atoms with E-state index in [2.05, 4.69) is 10.6 Å². The molecule has 1 aromatic rings. The molecule has 2 N–H and O–H groups in total. The summed E-state index contributed by atoms with van der Waals surface area (Å²) in [6.45, 7) is 0.857. The lowest BCUT2D eigenvalue weighted by atomic mass is 9.85. The Morgan fingerprint density at radius 2 is 2.04 bits per heavy atom. The van der Waals surface area contributed by atoms with Gasteiger partial charge in [0, 0.05) is 23.8 Å². The summed E-state index contributed by atoms with van der Waals surface area (Å²) in [5.74, 6) is -1.57. The van der Waals surface area contributed by atoms with Crippen LogP contribution in [0, 0.1) is 5.92 Å². The smallest absolute Gasteiger partial charge is 0.384 e. The first-order valence-corrected chi connectivity index (χ1v) is 7.68. The van der Waals surface area contributed by atoms with Gasteiger partial charge < -0.3 is 10.6 Å². The fourth-order valence-corrected chi connectivity index (χ4v) is 3.33. The van der Waals surface area contributed by atoms with E-state index in [4.69, 9.17) is 0 Å². The summed E-state index contributed by atoms with van der Waals surface area (Å²) < 4.78 is 38.4. The van der Waals surface area contributed by atoms with Crippen LogP contribution < -0.4 is 10.6 Å². The van der Waals surface area contributed by atoms with Crippen molar-refractivity contribution < 1.29 is 18.0 Å². The summed E-state index contributed by atoms with van der Waals surface area (Å²) in [7, 11) is 0. The standard InChI is InChI=1S/C16H19F3N2O.ClH/c17-16(18,19)12-2-1-3-13(9-12)21-15(22)11-4-5-14-10(8-11)6-7-20-14;/h4-5,8,12-13,20H,1-3,6-7,9H2,(H,21,22);1H. The number of amides is 1. The van der Waals surface area contributed by atoms with Crippen molar-refractivity contribution in [3.8, 4) is 0 Å². The molecule has 7 heteroatoms. The number of halogens is 4. The highest BCUT2D eigenvalue weighted by molar-refractivity contribution is 5.95. The Morgan fingerprint density at radius 3 is 2.78 bits per heavy atom. The molecule has 1 heterocycles. The minimum absolute atomic E-state index is 0. The molecule has 2 atom stereocenters. The Bertz CT molecular complexity index is 577. The predicted molar refractivity (Wildman–Crippen MR) is 85.2 cm³/mol. The van der Waals surface area contributed by atoms with E-state index in [0.29, 0.717) is 18.4 Å². The van der Waals surface area contributed by atoms with Gasteiger partial charge in [-0.15, -0.1) is 12.4 Å². The predicted octanol–water partition coefficient (Wildman–Crippen LogP) is 3.93. The van der Waals surface area contributed by atoms with Gasteiger partial charge in [-0.2, -0.15) is 13.2 Å². The number of hydrogen-bond donors (Lipinski definition) is 2. The molecule has 1 aliphatic carbocycles. The van der Waals surface area contributed by atoms with E-state index in [1.807, 2.05) is 12.1 Å². The number of nitrogens with one attached hydrogen (secondary N) is 2. The van der Waals surface area contributed by atoms with Crippen LogP contribution in [0.4, 0.5) is 18.9 Å². The molecule has 2 unspecified atom stereocenters. The van der Waals surface area contributed by atoms with Crippen LogP contribution in [-0.2, 0) is 6.42 Å². The molecule has 2 aliphatic rings. The normalized spacial score (nSPS) is 23.4. The molecule has 0 aromatic heterocycles. The molecule has 0 spiro atoms. The van der Waals surface area contributed by atoms with E-state index in [1.54, 1.807) is 6.07 Å². The maximum Gasteiger partial charge on any atom is 0.391 e. The minimum atomic E-state index is -4.16. The van der Waals surface area contributed by atoms with Gasteiger partial charge in [0.05, 0.1) is 5.92 Å². The topological polar surface area (TPSA) is 41.1 Å². The largest absolute Gasteiger partial charge is 0.391 e. The van der Waals surface area contributed by atoms with E-state index >= 15 is 0 Å². The molecule has 0 saturated heterocycles. The Morgan fingerprint density at radius 1 is 1.26 bits per heavy atom. The molecule has 128 valence electrons. The quantitative estimate of drug-likeness (QED) is 0.850. The van der Waals surface area contributed by atoms with Crippen molar-refractivity contribution in [2.24, 2.45) is 5.92 Å². The Hall–Kier alpha value is -1.43. The lowest BCUT2D eigenvalue weighted by Crippen LogP contribution is -2.41. The van der Waals surface area contributed by atoms with Crippen molar-refractivity contribution in [1.82, 2.24) is 5.32 Å². The summed E-state index contributed by atoms with van der Waals surface area (Å²) >= 11 is 0. The van der Waals surface area contributed by atoms with Gasteiger partial charge in [0.1, 0.15) is 0 Å². The van der Waals surface area contributed by atoms with Gasteiger partial charge in [0.2, 0.25) is 0 Å². The number of anilines is 1. The van der Waals surface area contributed by atoms with Gasteiger partial charge in [-0.3, -0.25) is 4.79 Å². The molecule has 1 fully saturated rings. The van der Waals surface area contributed by atoms with Crippen molar-refractivity contribution in [2.45, 2.75) is 44.3 Å². The van der Waals surface area contributed by atoms with Crippen LogP contribution in [0.5, 0.6) is 0 Å². The first-order valence-electron chi connectivity index (χ1n) is 7.68. The second-order valence-electron chi connectivity index (χ2n) is 6.12. The number of alkyl halides is 3. The number of carbonyl (C=O) groups is 1. The monoisotopic (exact) mass is 348 g/mol. The highest BCUT2D eigenvalue weighted by atomic mass is 35.5. The zero-order chi connectivity index (χ0) is 15.7. The molecule has 1 amide bonds. The van der Waals surface area contributed by atoms with Crippen LogP contribution >= 0.6 is 12.4 Å². The van der Waals surface area contributed by atoms with E-state index in [-0.39, 0.29) is 37.2 Å². The molecule has 0 radical (unpaired) electrons. The molecule has 23 heavy (non-hydrogen) atoms.